The number of carbonyl (C=O) groups excluding carboxylic acids is 4. The van der Waals surface area contributed by atoms with E-state index in [0.29, 0.717) is 25.7 Å². The number of esters is 4. The molecule has 3 N–H and O–H groups in total. The Kier molecular flexibility index (Phi) is 61.2. The van der Waals surface area contributed by atoms with Crippen LogP contribution >= 0.6 is 15.6 Å². The van der Waals surface area contributed by atoms with E-state index < -0.39 is 97.5 Å². The van der Waals surface area contributed by atoms with Gasteiger partial charge in [-0.25, -0.2) is 9.13 Å². The minimum absolute atomic E-state index is 0.0855. The molecular formula is C70H132O17P2. The Morgan fingerprint density at radius 3 is 0.921 bits per heavy atom. The highest BCUT2D eigenvalue weighted by Crippen LogP contribution is 2.45. The van der Waals surface area contributed by atoms with Crippen LogP contribution in [0.1, 0.15) is 336 Å². The van der Waals surface area contributed by atoms with Crippen molar-refractivity contribution in [2.24, 2.45) is 5.92 Å². The molecule has 0 aromatic heterocycles. The highest BCUT2D eigenvalue weighted by molar-refractivity contribution is 7.47. The molecule has 0 aliphatic heterocycles. The Bertz CT molecular complexity index is 1810. The van der Waals surface area contributed by atoms with E-state index in [1.807, 2.05) is 0 Å². The maximum Gasteiger partial charge on any atom is 0.472 e. The Morgan fingerprint density at radius 2 is 0.607 bits per heavy atom. The van der Waals surface area contributed by atoms with E-state index in [1.165, 1.54) is 141 Å². The lowest BCUT2D eigenvalue weighted by molar-refractivity contribution is -0.161. The molecule has 0 aliphatic rings. The van der Waals surface area contributed by atoms with Crippen LogP contribution in [0.25, 0.3) is 0 Å². The number of hydrogen-bond acceptors (Lipinski definition) is 15. The number of aliphatic hydroxyl groups is 1. The first-order valence-corrected chi connectivity index (χ1v) is 38.9. The molecule has 17 nitrogen and oxygen atoms in total. The van der Waals surface area contributed by atoms with Crippen molar-refractivity contribution in [3.05, 3.63) is 24.3 Å². The first-order chi connectivity index (χ1) is 43.0. The topological polar surface area (TPSA) is 237 Å². The Balaban J connectivity index is 5.20. The summed E-state index contributed by atoms with van der Waals surface area (Å²) in [5.41, 5.74) is 0. The SMILES string of the molecule is CCCCCC/C=C\C=C/CCCCCCCC(=O)O[C@H](COC(=O)CCCCCCCCCCCCCCCCC)COP(=O)(O)OC[C@@H](O)COP(=O)(O)OC[C@@H](COC(=O)CCCCCCC)OC(=O)CCCCCCCCCCCCCC(C)C. The number of rotatable bonds is 68. The van der Waals surface area contributed by atoms with Crippen molar-refractivity contribution >= 4 is 39.5 Å². The van der Waals surface area contributed by atoms with E-state index in [0.717, 1.165) is 115 Å². The van der Waals surface area contributed by atoms with Crippen LogP contribution in [0.15, 0.2) is 24.3 Å². The molecule has 89 heavy (non-hydrogen) atoms. The summed E-state index contributed by atoms with van der Waals surface area (Å²) in [6.07, 6.45) is 52.5. The van der Waals surface area contributed by atoms with Crippen LogP contribution in [0.2, 0.25) is 0 Å². The Labute approximate surface area is 542 Å². The molecule has 0 saturated carbocycles. The van der Waals surface area contributed by atoms with Crippen molar-refractivity contribution in [1.29, 1.82) is 0 Å². The van der Waals surface area contributed by atoms with Crippen molar-refractivity contribution in [2.75, 3.05) is 39.6 Å². The number of allylic oxidation sites excluding steroid dienone is 4. The zero-order chi connectivity index (χ0) is 65.6. The second-order valence-electron chi connectivity index (χ2n) is 25.1. The van der Waals surface area contributed by atoms with Crippen LogP contribution in [-0.4, -0.2) is 96.7 Å². The lowest BCUT2D eigenvalue weighted by Gasteiger charge is -2.21. The number of unbranched alkanes of at least 4 members (excludes halogenated alkanes) is 37. The second kappa shape index (κ2) is 63.0. The van der Waals surface area contributed by atoms with E-state index >= 15 is 0 Å². The number of phosphoric acid groups is 2. The normalized spacial score (nSPS) is 14.3. The summed E-state index contributed by atoms with van der Waals surface area (Å²) in [5, 5.41) is 10.6. The van der Waals surface area contributed by atoms with Gasteiger partial charge in [-0.3, -0.25) is 37.3 Å². The van der Waals surface area contributed by atoms with Crippen LogP contribution < -0.4 is 0 Å². The first-order valence-electron chi connectivity index (χ1n) is 36.0. The highest BCUT2D eigenvalue weighted by atomic mass is 31.2. The van der Waals surface area contributed by atoms with Crippen LogP contribution in [0.3, 0.4) is 0 Å². The minimum Gasteiger partial charge on any atom is -0.462 e. The summed E-state index contributed by atoms with van der Waals surface area (Å²) in [7, 11) is -9.90. The van der Waals surface area contributed by atoms with Gasteiger partial charge in [0.15, 0.2) is 12.2 Å². The van der Waals surface area contributed by atoms with Gasteiger partial charge in [0, 0.05) is 25.7 Å². The smallest absolute Gasteiger partial charge is 0.462 e. The molecule has 0 radical (unpaired) electrons. The fourth-order valence-electron chi connectivity index (χ4n) is 10.1. The fraction of sp³-hybridized carbons (Fsp3) is 0.886. The summed E-state index contributed by atoms with van der Waals surface area (Å²) < 4.78 is 68.0. The van der Waals surface area contributed by atoms with Crippen molar-refractivity contribution in [3.8, 4) is 0 Å². The minimum atomic E-state index is -4.96. The molecule has 0 rings (SSSR count). The van der Waals surface area contributed by atoms with Crippen molar-refractivity contribution in [2.45, 2.75) is 355 Å². The summed E-state index contributed by atoms with van der Waals surface area (Å²) >= 11 is 0. The Hall–Kier alpha value is -2.46. The highest BCUT2D eigenvalue weighted by Gasteiger charge is 2.30. The summed E-state index contributed by atoms with van der Waals surface area (Å²) in [4.78, 5) is 72.3. The number of ether oxygens (including phenoxy) is 4. The van der Waals surface area contributed by atoms with Crippen molar-refractivity contribution in [1.82, 2.24) is 0 Å². The first kappa shape index (κ1) is 86.5. The van der Waals surface area contributed by atoms with Crippen LogP contribution in [0, 0.1) is 5.92 Å². The number of carbonyl (C=O) groups is 4. The monoisotopic (exact) mass is 1310 g/mol. The number of phosphoric ester groups is 2. The van der Waals surface area contributed by atoms with Gasteiger partial charge in [-0.1, -0.05) is 284 Å². The maximum atomic E-state index is 13.0. The van der Waals surface area contributed by atoms with Gasteiger partial charge in [0.1, 0.15) is 19.3 Å². The predicted octanol–water partition coefficient (Wildman–Crippen LogP) is 19.7. The molecule has 0 aromatic carbocycles. The van der Waals surface area contributed by atoms with E-state index in [2.05, 4.69) is 58.9 Å². The van der Waals surface area contributed by atoms with E-state index in [9.17, 15) is 43.2 Å². The average molecular weight is 1310 g/mol. The van der Waals surface area contributed by atoms with E-state index in [4.69, 9.17) is 37.0 Å². The average Bonchev–Trinajstić information content (AvgIpc) is 3.64. The Morgan fingerprint density at radius 1 is 0.348 bits per heavy atom. The van der Waals surface area contributed by atoms with Crippen molar-refractivity contribution < 1.29 is 80.2 Å². The molecule has 0 fully saturated rings. The molecule has 19 heteroatoms. The van der Waals surface area contributed by atoms with Gasteiger partial charge in [-0.15, -0.1) is 0 Å². The van der Waals surface area contributed by atoms with Gasteiger partial charge in [-0.2, -0.15) is 0 Å². The van der Waals surface area contributed by atoms with Gasteiger partial charge >= 0.3 is 39.5 Å². The fourth-order valence-corrected chi connectivity index (χ4v) is 11.7. The molecule has 0 aromatic rings. The summed E-state index contributed by atoms with van der Waals surface area (Å²) in [5.74, 6) is -1.40. The van der Waals surface area contributed by atoms with Crippen LogP contribution in [0.4, 0.5) is 0 Å². The predicted molar refractivity (Wildman–Crippen MR) is 358 cm³/mol. The van der Waals surface area contributed by atoms with Gasteiger partial charge in [-0.05, 0) is 57.3 Å². The zero-order valence-electron chi connectivity index (χ0n) is 57.0. The van der Waals surface area contributed by atoms with E-state index in [1.54, 1.807) is 0 Å². The van der Waals surface area contributed by atoms with Crippen LogP contribution in [0.5, 0.6) is 0 Å². The molecule has 0 bridgehead atoms. The quantitative estimate of drug-likeness (QED) is 0.0169. The molecule has 524 valence electrons. The number of hydrogen-bond donors (Lipinski definition) is 3. The van der Waals surface area contributed by atoms with Gasteiger partial charge in [0.05, 0.1) is 26.4 Å². The second-order valence-corrected chi connectivity index (χ2v) is 28.0. The van der Waals surface area contributed by atoms with Crippen LogP contribution in [-0.2, 0) is 65.4 Å². The summed E-state index contributed by atoms with van der Waals surface area (Å²) in [6, 6.07) is 0. The number of aliphatic hydroxyl groups excluding tert-OH is 1. The molecular weight excluding hydrogens is 1170 g/mol. The molecule has 0 spiro atoms. The third-order valence-electron chi connectivity index (χ3n) is 15.7. The zero-order valence-corrected chi connectivity index (χ0v) is 58.8. The molecule has 2 unspecified atom stereocenters. The summed E-state index contributed by atoms with van der Waals surface area (Å²) in [6.45, 7) is 7.09. The molecule has 5 atom stereocenters. The van der Waals surface area contributed by atoms with Crippen molar-refractivity contribution in [3.63, 3.8) is 0 Å². The maximum absolute atomic E-state index is 13.0. The van der Waals surface area contributed by atoms with E-state index in [-0.39, 0.29) is 25.7 Å². The molecule has 0 aliphatic carbocycles. The standard InChI is InChI=1S/C70H132O17P2/c1-6-9-12-15-17-19-21-23-25-27-31-35-39-44-49-54-68(73)81-60-66(87-70(75)55-50-45-40-36-32-28-26-24-22-20-18-16-13-10-7-2)62-85-89(78,79)83-58-64(71)57-82-88(76,77)84-61-65(59-80-67(72)53-48-42-14-11-8-3)86-69(74)56-51-46-41-37-33-29-30-34-38-43-47-52-63(4)5/h20,22,24,26,63-66,71H,6-19,21,23,25,27-62H2,1-5H3,(H,76,77)(H,78,79)/b22-20-,26-24-/t64-,65+,66+/m0/s1. The largest absolute Gasteiger partial charge is 0.472 e. The van der Waals surface area contributed by atoms with Gasteiger partial charge < -0.3 is 33.8 Å². The third-order valence-corrected chi connectivity index (χ3v) is 17.6. The van der Waals surface area contributed by atoms with Gasteiger partial charge in [0.25, 0.3) is 0 Å². The molecule has 0 amide bonds. The lowest BCUT2D eigenvalue weighted by atomic mass is 10.0. The van der Waals surface area contributed by atoms with Gasteiger partial charge in [0.2, 0.25) is 0 Å². The molecule has 0 saturated heterocycles. The lowest BCUT2D eigenvalue weighted by Crippen LogP contribution is -2.30. The third kappa shape index (κ3) is 64.1. The molecule has 0 heterocycles.